The molecule has 2 heterocycles. The number of fused-ring (bicyclic) bond motifs is 1. The molecule has 0 saturated carbocycles. The first-order chi connectivity index (χ1) is 12.7. The Morgan fingerprint density at radius 2 is 2.04 bits per heavy atom. The van der Waals surface area contributed by atoms with Crippen LogP contribution in [-0.2, 0) is 0 Å². The molecule has 0 unspecified atom stereocenters. The summed E-state index contributed by atoms with van der Waals surface area (Å²) < 4.78 is 7.42. The maximum Gasteiger partial charge on any atom is 0.222 e. The van der Waals surface area contributed by atoms with Crippen molar-refractivity contribution >= 4 is 29.2 Å². The van der Waals surface area contributed by atoms with Crippen LogP contribution in [0.3, 0.4) is 0 Å². The Hall–Kier alpha value is -2.24. The number of ether oxygens (including phenoxy) is 1. The smallest absolute Gasteiger partial charge is 0.222 e. The molecule has 3 aromatic rings. The summed E-state index contributed by atoms with van der Waals surface area (Å²) in [5.74, 6) is 1.41. The molecule has 1 aliphatic heterocycles. The van der Waals surface area contributed by atoms with Crippen LogP contribution in [0.15, 0.2) is 48.8 Å². The number of nitrogens with zero attached hydrogens (tertiary/aromatic N) is 3. The van der Waals surface area contributed by atoms with Crippen LogP contribution in [0.2, 0.25) is 10.0 Å². The van der Waals surface area contributed by atoms with Crippen LogP contribution in [0.1, 0.15) is 36.6 Å². The standard InChI is InChI=1S/C19H18Cl2N4O/c1-2-26-18-8-7-12(9-15(18)21)16-10-17(13-5-3-4-6-14(13)20)25-19(24-16)22-11-23-25/h3-9,11,16-17H,2,10H2,1H3,(H,22,23,24)/t16-,17+/m1/s1. The van der Waals surface area contributed by atoms with Gasteiger partial charge in [0.1, 0.15) is 12.1 Å². The Labute approximate surface area is 161 Å². The normalized spacial score (nSPS) is 18.9. The SMILES string of the molecule is CCOc1ccc([C@H]2C[C@@H](c3ccccc3Cl)n3ncnc3N2)cc1Cl. The molecule has 0 spiro atoms. The Morgan fingerprint density at radius 1 is 1.19 bits per heavy atom. The van der Waals surface area contributed by atoms with E-state index in [1.807, 2.05) is 54.1 Å². The molecule has 1 N–H and O–H groups in total. The summed E-state index contributed by atoms with van der Waals surface area (Å²) in [5.41, 5.74) is 2.11. The van der Waals surface area contributed by atoms with Crippen molar-refractivity contribution in [1.82, 2.24) is 14.8 Å². The van der Waals surface area contributed by atoms with Gasteiger partial charge in [0.05, 0.1) is 23.7 Å². The average molecular weight is 389 g/mol. The largest absolute Gasteiger partial charge is 0.492 e. The highest BCUT2D eigenvalue weighted by Crippen LogP contribution is 2.40. The van der Waals surface area contributed by atoms with Crippen molar-refractivity contribution in [1.29, 1.82) is 0 Å². The third-order valence-corrected chi connectivity index (χ3v) is 5.19. The maximum atomic E-state index is 6.45. The zero-order chi connectivity index (χ0) is 18.1. The van der Waals surface area contributed by atoms with E-state index in [9.17, 15) is 0 Å². The number of nitrogens with one attached hydrogen (secondary N) is 1. The van der Waals surface area contributed by atoms with Crippen molar-refractivity contribution < 1.29 is 4.74 Å². The fraction of sp³-hybridized carbons (Fsp3) is 0.263. The van der Waals surface area contributed by atoms with Crippen LogP contribution in [0, 0.1) is 0 Å². The number of halogens is 2. The molecule has 0 fully saturated rings. The molecule has 2 atom stereocenters. The monoisotopic (exact) mass is 388 g/mol. The Kier molecular flexibility index (Phi) is 4.74. The van der Waals surface area contributed by atoms with Gasteiger partial charge in [-0.05, 0) is 42.7 Å². The number of benzene rings is 2. The summed E-state index contributed by atoms with van der Waals surface area (Å²) in [7, 11) is 0. The van der Waals surface area contributed by atoms with Crippen LogP contribution in [0.5, 0.6) is 5.75 Å². The molecule has 0 radical (unpaired) electrons. The molecule has 0 bridgehead atoms. The van der Waals surface area contributed by atoms with Gasteiger partial charge in [-0.15, -0.1) is 0 Å². The minimum atomic E-state index is -0.00204. The van der Waals surface area contributed by atoms with E-state index in [-0.39, 0.29) is 12.1 Å². The molecule has 7 heteroatoms. The second-order valence-corrected chi connectivity index (χ2v) is 6.94. The highest BCUT2D eigenvalue weighted by Gasteiger charge is 2.31. The van der Waals surface area contributed by atoms with Gasteiger partial charge in [0.15, 0.2) is 0 Å². The predicted molar refractivity (Wildman–Crippen MR) is 103 cm³/mol. The van der Waals surface area contributed by atoms with Crippen LogP contribution in [0.4, 0.5) is 5.95 Å². The zero-order valence-corrected chi connectivity index (χ0v) is 15.7. The third kappa shape index (κ3) is 3.13. The second kappa shape index (κ2) is 7.17. The molecule has 0 aliphatic carbocycles. The van der Waals surface area contributed by atoms with E-state index < -0.39 is 0 Å². The number of hydrogen-bond donors (Lipinski definition) is 1. The van der Waals surface area contributed by atoms with E-state index >= 15 is 0 Å². The molecule has 2 aromatic carbocycles. The first-order valence-electron chi connectivity index (χ1n) is 8.50. The summed E-state index contributed by atoms with van der Waals surface area (Å²) in [6.07, 6.45) is 2.34. The molecule has 1 aromatic heterocycles. The maximum absolute atomic E-state index is 6.45. The number of rotatable bonds is 4. The summed E-state index contributed by atoms with van der Waals surface area (Å²) in [6, 6.07) is 13.8. The molecular formula is C19H18Cl2N4O. The topological polar surface area (TPSA) is 52.0 Å². The third-order valence-electron chi connectivity index (χ3n) is 4.55. The molecular weight excluding hydrogens is 371 g/mol. The van der Waals surface area contributed by atoms with Crippen molar-refractivity contribution in [2.45, 2.75) is 25.4 Å². The fourth-order valence-electron chi connectivity index (χ4n) is 3.35. The highest BCUT2D eigenvalue weighted by molar-refractivity contribution is 6.32. The Bertz CT molecular complexity index is 927. The van der Waals surface area contributed by atoms with E-state index in [1.54, 1.807) is 6.33 Å². The van der Waals surface area contributed by atoms with Crippen molar-refractivity contribution in [2.24, 2.45) is 0 Å². The minimum Gasteiger partial charge on any atom is -0.492 e. The van der Waals surface area contributed by atoms with Crippen molar-refractivity contribution in [3.05, 3.63) is 70.0 Å². The van der Waals surface area contributed by atoms with E-state index in [0.29, 0.717) is 17.4 Å². The van der Waals surface area contributed by atoms with Gasteiger partial charge < -0.3 is 10.1 Å². The van der Waals surface area contributed by atoms with Crippen LogP contribution < -0.4 is 10.1 Å². The lowest BCUT2D eigenvalue weighted by Gasteiger charge is -2.32. The Balaban J connectivity index is 1.70. The molecule has 134 valence electrons. The molecule has 26 heavy (non-hydrogen) atoms. The molecule has 5 nitrogen and oxygen atoms in total. The van der Waals surface area contributed by atoms with Crippen molar-refractivity contribution in [2.75, 3.05) is 11.9 Å². The molecule has 0 amide bonds. The lowest BCUT2D eigenvalue weighted by Crippen LogP contribution is -2.28. The Morgan fingerprint density at radius 3 is 2.81 bits per heavy atom. The van der Waals surface area contributed by atoms with Gasteiger partial charge in [0, 0.05) is 5.02 Å². The number of aromatic nitrogens is 3. The fourth-order valence-corrected chi connectivity index (χ4v) is 3.85. The second-order valence-electron chi connectivity index (χ2n) is 6.12. The van der Waals surface area contributed by atoms with Crippen molar-refractivity contribution in [3.8, 4) is 5.75 Å². The lowest BCUT2D eigenvalue weighted by atomic mass is 9.93. The summed E-state index contributed by atoms with van der Waals surface area (Å²) >= 11 is 12.8. The van der Waals surface area contributed by atoms with Gasteiger partial charge in [-0.1, -0.05) is 47.5 Å². The van der Waals surface area contributed by atoms with Crippen molar-refractivity contribution in [3.63, 3.8) is 0 Å². The lowest BCUT2D eigenvalue weighted by molar-refractivity contribution is 0.340. The number of hydrogen-bond acceptors (Lipinski definition) is 4. The predicted octanol–water partition coefficient (Wildman–Crippen LogP) is 5.13. The van der Waals surface area contributed by atoms with Gasteiger partial charge in [0.25, 0.3) is 0 Å². The van der Waals surface area contributed by atoms with E-state index in [2.05, 4.69) is 15.4 Å². The highest BCUT2D eigenvalue weighted by atomic mass is 35.5. The van der Waals surface area contributed by atoms with E-state index in [4.69, 9.17) is 27.9 Å². The van der Waals surface area contributed by atoms with E-state index in [1.165, 1.54) is 0 Å². The van der Waals surface area contributed by atoms with Gasteiger partial charge in [-0.25, -0.2) is 4.68 Å². The van der Waals surface area contributed by atoms with Crippen LogP contribution in [-0.4, -0.2) is 21.4 Å². The summed E-state index contributed by atoms with van der Waals surface area (Å²) in [4.78, 5) is 4.35. The number of anilines is 1. The first kappa shape index (κ1) is 17.2. The first-order valence-corrected chi connectivity index (χ1v) is 9.25. The molecule has 0 saturated heterocycles. The summed E-state index contributed by atoms with van der Waals surface area (Å²) in [5, 5.41) is 9.15. The zero-order valence-electron chi connectivity index (χ0n) is 14.2. The average Bonchev–Trinajstić information content (AvgIpc) is 3.12. The van der Waals surface area contributed by atoms with E-state index in [0.717, 1.165) is 28.5 Å². The molecule has 1 aliphatic rings. The van der Waals surface area contributed by atoms with Gasteiger partial charge in [-0.3, -0.25) is 0 Å². The van der Waals surface area contributed by atoms with Crippen LogP contribution >= 0.6 is 23.2 Å². The van der Waals surface area contributed by atoms with Gasteiger partial charge >= 0.3 is 0 Å². The van der Waals surface area contributed by atoms with Crippen LogP contribution in [0.25, 0.3) is 0 Å². The quantitative estimate of drug-likeness (QED) is 0.672. The summed E-state index contributed by atoms with van der Waals surface area (Å²) in [6.45, 7) is 2.52. The molecule has 4 rings (SSSR count). The minimum absolute atomic E-state index is 0.00204. The van der Waals surface area contributed by atoms with Gasteiger partial charge in [0.2, 0.25) is 5.95 Å². The van der Waals surface area contributed by atoms with Gasteiger partial charge in [-0.2, -0.15) is 10.1 Å².